The smallest absolute Gasteiger partial charge is 0.229 e. The number of benzene rings is 1. The Kier molecular flexibility index (Phi) is 3.92. The number of rotatable bonds is 5. The molecule has 2 heterocycles. The standard InChI is InChI=1S/C14H21N3O3S/c1-21(19,20)16-11-4-2-10(3-5-11)14(18)9-17-8-12-6-13(17)7-15-12/h2-5,12-16,18H,6-9H2,1H3. The van der Waals surface area contributed by atoms with E-state index in [-0.39, 0.29) is 0 Å². The van der Waals surface area contributed by atoms with Crippen LogP contribution in [0, 0.1) is 0 Å². The van der Waals surface area contributed by atoms with E-state index in [2.05, 4.69) is 14.9 Å². The highest BCUT2D eigenvalue weighted by atomic mass is 32.2. The summed E-state index contributed by atoms with van der Waals surface area (Å²) in [6.07, 6.45) is 1.74. The molecule has 1 aromatic carbocycles. The van der Waals surface area contributed by atoms with Gasteiger partial charge in [0, 0.05) is 37.4 Å². The second-order valence-electron chi connectivity index (χ2n) is 5.96. The van der Waals surface area contributed by atoms with Crippen LogP contribution < -0.4 is 10.0 Å². The molecule has 3 atom stereocenters. The van der Waals surface area contributed by atoms with Crippen molar-refractivity contribution in [2.75, 3.05) is 30.6 Å². The van der Waals surface area contributed by atoms with Crippen molar-refractivity contribution in [1.82, 2.24) is 10.2 Å². The van der Waals surface area contributed by atoms with Gasteiger partial charge in [0.1, 0.15) is 0 Å². The number of nitrogens with one attached hydrogen (secondary N) is 2. The maximum atomic E-state index is 11.1. The molecule has 2 fully saturated rings. The Hall–Kier alpha value is -1.15. The summed E-state index contributed by atoms with van der Waals surface area (Å²) in [6.45, 7) is 2.63. The minimum absolute atomic E-state index is 0.512. The van der Waals surface area contributed by atoms with E-state index in [1.807, 2.05) is 0 Å². The third-order valence-electron chi connectivity index (χ3n) is 4.18. The monoisotopic (exact) mass is 311 g/mol. The van der Waals surface area contributed by atoms with Crippen LogP contribution in [0.25, 0.3) is 0 Å². The first-order chi connectivity index (χ1) is 9.90. The highest BCUT2D eigenvalue weighted by molar-refractivity contribution is 7.92. The van der Waals surface area contributed by atoms with Gasteiger partial charge in [-0.15, -0.1) is 0 Å². The molecular formula is C14H21N3O3S. The van der Waals surface area contributed by atoms with Crippen molar-refractivity contribution >= 4 is 15.7 Å². The predicted molar refractivity (Wildman–Crippen MR) is 81.6 cm³/mol. The second kappa shape index (κ2) is 5.57. The summed E-state index contributed by atoms with van der Waals surface area (Å²) in [5, 5.41) is 13.8. The molecule has 0 spiro atoms. The molecule has 3 unspecified atom stereocenters. The Morgan fingerprint density at radius 3 is 2.67 bits per heavy atom. The minimum Gasteiger partial charge on any atom is -0.387 e. The van der Waals surface area contributed by atoms with E-state index in [0.29, 0.717) is 24.3 Å². The SMILES string of the molecule is CS(=O)(=O)Nc1ccc(C(O)CN2CC3CC2CN3)cc1. The van der Waals surface area contributed by atoms with Crippen molar-refractivity contribution in [3.63, 3.8) is 0 Å². The molecule has 6 nitrogen and oxygen atoms in total. The Bertz CT molecular complexity index is 602. The number of fused-ring (bicyclic) bond motifs is 2. The lowest BCUT2D eigenvalue weighted by molar-refractivity contribution is 0.0989. The fourth-order valence-electron chi connectivity index (χ4n) is 3.19. The largest absolute Gasteiger partial charge is 0.387 e. The van der Waals surface area contributed by atoms with Crippen LogP contribution in [0.5, 0.6) is 0 Å². The third-order valence-corrected chi connectivity index (χ3v) is 4.78. The van der Waals surface area contributed by atoms with Gasteiger partial charge in [-0.2, -0.15) is 0 Å². The first-order valence-corrected chi connectivity index (χ1v) is 9.03. The molecule has 7 heteroatoms. The summed E-state index contributed by atoms with van der Waals surface area (Å²) in [6, 6.07) is 8.00. The van der Waals surface area contributed by atoms with Gasteiger partial charge >= 0.3 is 0 Å². The van der Waals surface area contributed by atoms with Crippen LogP contribution >= 0.6 is 0 Å². The number of sulfonamides is 1. The first kappa shape index (κ1) is 14.8. The summed E-state index contributed by atoms with van der Waals surface area (Å²) in [5.41, 5.74) is 1.32. The fraction of sp³-hybridized carbons (Fsp3) is 0.571. The number of piperazine rings is 1. The predicted octanol–water partition coefficient (Wildman–Crippen LogP) is 0.138. The van der Waals surface area contributed by atoms with Gasteiger partial charge < -0.3 is 10.4 Å². The number of aliphatic hydroxyl groups excluding tert-OH is 1. The van der Waals surface area contributed by atoms with Crippen molar-refractivity contribution in [3.05, 3.63) is 29.8 Å². The van der Waals surface area contributed by atoms with Crippen molar-refractivity contribution in [1.29, 1.82) is 0 Å². The Labute approximate surface area is 125 Å². The molecule has 21 heavy (non-hydrogen) atoms. The molecule has 0 aromatic heterocycles. The molecule has 0 radical (unpaired) electrons. The fourth-order valence-corrected chi connectivity index (χ4v) is 3.75. The van der Waals surface area contributed by atoms with E-state index in [9.17, 15) is 13.5 Å². The Morgan fingerprint density at radius 2 is 2.14 bits per heavy atom. The highest BCUT2D eigenvalue weighted by Gasteiger charge is 2.38. The van der Waals surface area contributed by atoms with Crippen LogP contribution in [-0.2, 0) is 10.0 Å². The van der Waals surface area contributed by atoms with Crippen molar-refractivity contribution in [2.24, 2.45) is 0 Å². The van der Waals surface area contributed by atoms with Gasteiger partial charge in [-0.05, 0) is 24.1 Å². The van der Waals surface area contributed by atoms with Crippen molar-refractivity contribution in [3.8, 4) is 0 Å². The summed E-state index contributed by atoms with van der Waals surface area (Å²) in [7, 11) is -3.26. The zero-order valence-corrected chi connectivity index (χ0v) is 12.8. The molecule has 116 valence electrons. The maximum Gasteiger partial charge on any atom is 0.229 e. The Morgan fingerprint density at radius 1 is 1.43 bits per heavy atom. The van der Waals surface area contributed by atoms with Crippen molar-refractivity contribution in [2.45, 2.75) is 24.6 Å². The molecule has 2 saturated heterocycles. The summed E-state index contributed by atoms with van der Waals surface area (Å²) in [5.74, 6) is 0. The Balaban J connectivity index is 1.61. The number of anilines is 1. The number of hydrogen-bond acceptors (Lipinski definition) is 5. The maximum absolute atomic E-state index is 11.1. The lowest BCUT2D eigenvalue weighted by Crippen LogP contribution is -2.45. The first-order valence-electron chi connectivity index (χ1n) is 7.14. The average Bonchev–Trinajstić information content (AvgIpc) is 3.00. The lowest BCUT2D eigenvalue weighted by atomic mass is 10.1. The molecule has 0 aliphatic carbocycles. The van der Waals surface area contributed by atoms with Gasteiger partial charge in [0.05, 0.1) is 12.4 Å². The van der Waals surface area contributed by atoms with Gasteiger partial charge in [-0.1, -0.05) is 12.1 Å². The number of β-amino-alcohol motifs (C(OH)–C–C–N with tert-alkyl or cyclic N) is 1. The highest BCUT2D eigenvalue weighted by Crippen LogP contribution is 2.26. The number of hydrogen-bond donors (Lipinski definition) is 3. The number of nitrogens with zero attached hydrogens (tertiary/aromatic N) is 1. The summed E-state index contributed by atoms with van der Waals surface area (Å²) in [4.78, 5) is 2.33. The summed E-state index contributed by atoms with van der Waals surface area (Å²) < 4.78 is 24.7. The average molecular weight is 311 g/mol. The van der Waals surface area contributed by atoms with E-state index < -0.39 is 16.1 Å². The van der Waals surface area contributed by atoms with Crippen LogP contribution in [-0.4, -0.2) is 56.4 Å². The third kappa shape index (κ3) is 3.55. The number of aliphatic hydroxyl groups is 1. The van der Waals surface area contributed by atoms with E-state index in [1.165, 1.54) is 6.42 Å². The van der Waals surface area contributed by atoms with Gasteiger partial charge in [-0.25, -0.2) is 8.42 Å². The lowest BCUT2D eigenvalue weighted by Gasteiger charge is -2.29. The van der Waals surface area contributed by atoms with Gasteiger partial charge in [0.15, 0.2) is 0 Å². The molecule has 1 aromatic rings. The summed E-state index contributed by atoms with van der Waals surface area (Å²) >= 11 is 0. The van der Waals surface area contributed by atoms with E-state index in [4.69, 9.17) is 0 Å². The second-order valence-corrected chi connectivity index (χ2v) is 7.71. The van der Waals surface area contributed by atoms with Crippen LogP contribution in [0.15, 0.2) is 24.3 Å². The van der Waals surface area contributed by atoms with Crippen LogP contribution in [0.1, 0.15) is 18.1 Å². The van der Waals surface area contributed by atoms with Crippen LogP contribution in [0.3, 0.4) is 0 Å². The topological polar surface area (TPSA) is 81.7 Å². The van der Waals surface area contributed by atoms with E-state index >= 15 is 0 Å². The normalized spacial score (nSPS) is 27.0. The minimum atomic E-state index is -3.26. The molecule has 2 aliphatic heterocycles. The van der Waals surface area contributed by atoms with Gasteiger partial charge in [0.25, 0.3) is 0 Å². The molecular weight excluding hydrogens is 290 g/mol. The molecule has 2 bridgehead atoms. The number of likely N-dealkylation sites (tertiary alicyclic amines) is 1. The quantitative estimate of drug-likeness (QED) is 0.720. The zero-order chi connectivity index (χ0) is 15.0. The molecule has 0 saturated carbocycles. The molecule has 0 amide bonds. The van der Waals surface area contributed by atoms with Crippen LogP contribution in [0.2, 0.25) is 0 Å². The molecule has 2 aliphatic rings. The van der Waals surface area contributed by atoms with Gasteiger partial charge in [0.2, 0.25) is 10.0 Å². The molecule has 3 rings (SSSR count). The molecule has 3 N–H and O–H groups in total. The van der Waals surface area contributed by atoms with Crippen molar-refractivity contribution < 1.29 is 13.5 Å². The van der Waals surface area contributed by atoms with E-state index in [0.717, 1.165) is 24.9 Å². The van der Waals surface area contributed by atoms with Gasteiger partial charge in [-0.3, -0.25) is 9.62 Å². The van der Waals surface area contributed by atoms with Crippen LogP contribution in [0.4, 0.5) is 5.69 Å². The zero-order valence-electron chi connectivity index (χ0n) is 12.0. The van der Waals surface area contributed by atoms with E-state index in [1.54, 1.807) is 24.3 Å².